The first-order valence-electron chi connectivity index (χ1n) is 7.95. The van der Waals surface area contributed by atoms with E-state index in [0.29, 0.717) is 16.1 Å². The third kappa shape index (κ3) is 4.28. The number of rotatable bonds is 5. The normalized spacial score (nSPS) is 11.5. The van der Waals surface area contributed by atoms with Crippen molar-refractivity contribution in [2.45, 2.75) is 12.8 Å². The lowest BCUT2D eigenvalue weighted by atomic mass is 10.0. The van der Waals surface area contributed by atoms with Gasteiger partial charge >= 0.3 is 12.3 Å². The van der Waals surface area contributed by atoms with E-state index >= 15 is 0 Å². The second-order valence-corrected chi connectivity index (χ2v) is 6.26. The Morgan fingerprint density at radius 1 is 1.11 bits per heavy atom. The van der Waals surface area contributed by atoms with Crippen molar-refractivity contribution in [3.05, 3.63) is 64.3 Å². The van der Waals surface area contributed by atoms with Crippen molar-refractivity contribution < 1.29 is 32.2 Å². The third-order valence-corrected chi connectivity index (χ3v) is 4.25. The lowest BCUT2D eigenvalue weighted by Gasteiger charge is -2.09. The summed E-state index contributed by atoms with van der Waals surface area (Å²) in [5.74, 6) is -1.55. The molecule has 0 aliphatic heterocycles. The summed E-state index contributed by atoms with van der Waals surface area (Å²) in [5.41, 5.74) is 0.973. The molecule has 0 bridgehead atoms. The summed E-state index contributed by atoms with van der Waals surface area (Å²) in [7, 11) is 1.18. The monoisotopic (exact) mass is 411 g/mol. The average Bonchev–Trinajstić information content (AvgIpc) is 2.98. The maximum Gasteiger partial charge on any atom is 0.573 e. The van der Waals surface area contributed by atoms with Gasteiger partial charge in [0.1, 0.15) is 5.75 Å². The molecule has 0 fully saturated rings. The Kier molecular flexibility index (Phi) is 5.33. The average molecular weight is 412 g/mol. The number of methoxy groups -OCH3 is 1. The van der Waals surface area contributed by atoms with Crippen LogP contribution in [0.1, 0.15) is 21.6 Å². The number of fused-ring (bicyclic) bond motifs is 1. The molecule has 0 saturated heterocycles. The lowest BCUT2D eigenvalue weighted by Crippen LogP contribution is -2.17. The summed E-state index contributed by atoms with van der Waals surface area (Å²) in [6.45, 7) is 0. The first kappa shape index (κ1) is 19.8. The maximum atomic E-state index is 12.9. The van der Waals surface area contributed by atoms with Crippen LogP contribution in [0.3, 0.4) is 0 Å². The molecule has 1 heterocycles. The van der Waals surface area contributed by atoms with E-state index in [1.807, 2.05) is 0 Å². The minimum atomic E-state index is -4.87. The number of ether oxygens (including phenoxy) is 2. The van der Waals surface area contributed by atoms with Crippen LogP contribution in [-0.4, -0.2) is 30.2 Å². The SMILES string of the molecule is COC(=O)Cc1c(C(=O)c2ccc(Cl)cc2)[nH]c2ccc(OC(F)(F)F)cc12. The van der Waals surface area contributed by atoms with Crippen LogP contribution in [0.5, 0.6) is 5.75 Å². The zero-order valence-corrected chi connectivity index (χ0v) is 15.1. The van der Waals surface area contributed by atoms with Gasteiger partial charge in [-0.15, -0.1) is 13.2 Å². The van der Waals surface area contributed by atoms with Crippen LogP contribution in [0.4, 0.5) is 13.2 Å². The number of aromatic nitrogens is 1. The molecule has 9 heteroatoms. The van der Waals surface area contributed by atoms with Gasteiger partial charge in [0, 0.05) is 27.1 Å². The van der Waals surface area contributed by atoms with Crippen LogP contribution in [0.2, 0.25) is 5.02 Å². The molecule has 3 rings (SSSR count). The Hall–Kier alpha value is -3.00. The smallest absolute Gasteiger partial charge is 0.469 e. The number of aromatic amines is 1. The Balaban J connectivity index is 2.12. The van der Waals surface area contributed by atoms with E-state index in [-0.39, 0.29) is 23.1 Å². The van der Waals surface area contributed by atoms with Gasteiger partial charge in [-0.25, -0.2) is 0 Å². The standard InChI is InChI=1S/C19H13ClF3NO4/c1-27-16(25)9-14-13-8-12(28-19(21,22)23)6-7-15(13)24-17(14)18(26)10-2-4-11(20)5-3-10/h2-8,24H,9H2,1H3. The number of hydrogen-bond acceptors (Lipinski definition) is 4. The molecule has 0 atom stereocenters. The number of H-pyrrole nitrogens is 1. The van der Waals surface area contributed by atoms with E-state index in [1.54, 1.807) is 0 Å². The number of ketones is 1. The van der Waals surface area contributed by atoms with E-state index in [0.717, 1.165) is 12.1 Å². The second kappa shape index (κ2) is 7.55. The molecule has 1 aromatic heterocycles. The Morgan fingerprint density at radius 2 is 1.79 bits per heavy atom. The molecule has 0 aliphatic rings. The van der Waals surface area contributed by atoms with E-state index in [9.17, 15) is 22.8 Å². The van der Waals surface area contributed by atoms with Gasteiger partial charge in [-0.3, -0.25) is 9.59 Å². The van der Waals surface area contributed by atoms with Gasteiger partial charge in [-0.05, 0) is 42.5 Å². The van der Waals surface area contributed by atoms with Crippen LogP contribution in [0, 0.1) is 0 Å². The minimum absolute atomic E-state index is 0.0758. The summed E-state index contributed by atoms with van der Waals surface area (Å²) in [4.78, 5) is 27.6. The highest BCUT2D eigenvalue weighted by molar-refractivity contribution is 6.30. The summed E-state index contributed by atoms with van der Waals surface area (Å²) < 4.78 is 46.2. The fraction of sp³-hybridized carbons (Fsp3) is 0.158. The largest absolute Gasteiger partial charge is 0.573 e. The number of carbonyl (C=O) groups is 2. The fourth-order valence-corrected chi connectivity index (χ4v) is 2.89. The van der Waals surface area contributed by atoms with E-state index < -0.39 is 23.9 Å². The van der Waals surface area contributed by atoms with Crippen molar-refractivity contribution >= 4 is 34.3 Å². The van der Waals surface area contributed by atoms with Crippen LogP contribution in [0.25, 0.3) is 10.9 Å². The summed E-state index contributed by atoms with van der Waals surface area (Å²) >= 11 is 5.83. The fourth-order valence-electron chi connectivity index (χ4n) is 2.76. The molecule has 5 nitrogen and oxygen atoms in total. The van der Waals surface area contributed by atoms with Crippen molar-refractivity contribution in [2.75, 3.05) is 7.11 Å². The number of alkyl halides is 3. The number of halogens is 4. The summed E-state index contributed by atoms with van der Waals surface area (Å²) in [6.07, 6.45) is -5.17. The van der Waals surface area contributed by atoms with Crippen molar-refractivity contribution in [2.24, 2.45) is 0 Å². The summed E-state index contributed by atoms with van der Waals surface area (Å²) in [6, 6.07) is 9.67. The molecule has 0 saturated carbocycles. The van der Waals surface area contributed by atoms with Crippen molar-refractivity contribution in [3.63, 3.8) is 0 Å². The zero-order valence-electron chi connectivity index (χ0n) is 14.4. The van der Waals surface area contributed by atoms with Crippen LogP contribution in [0.15, 0.2) is 42.5 Å². The number of nitrogens with one attached hydrogen (secondary N) is 1. The predicted molar refractivity (Wildman–Crippen MR) is 95.6 cm³/mol. The van der Waals surface area contributed by atoms with Gasteiger partial charge < -0.3 is 14.5 Å². The molecule has 0 spiro atoms. The van der Waals surface area contributed by atoms with Gasteiger partial charge in [0.25, 0.3) is 0 Å². The highest BCUT2D eigenvalue weighted by Crippen LogP contribution is 2.31. The molecule has 28 heavy (non-hydrogen) atoms. The van der Waals surface area contributed by atoms with Gasteiger partial charge in [0.15, 0.2) is 0 Å². The van der Waals surface area contributed by atoms with Crippen LogP contribution < -0.4 is 4.74 Å². The van der Waals surface area contributed by atoms with E-state index in [4.69, 9.17) is 11.6 Å². The van der Waals surface area contributed by atoms with Crippen molar-refractivity contribution in [1.82, 2.24) is 4.98 Å². The number of benzene rings is 2. The molecule has 0 unspecified atom stereocenters. The molecule has 3 aromatic rings. The van der Waals surface area contributed by atoms with Gasteiger partial charge in [0.2, 0.25) is 5.78 Å². The molecule has 146 valence electrons. The van der Waals surface area contributed by atoms with Gasteiger partial charge in [-0.1, -0.05) is 11.6 Å². The molecular weight excluding hydrogens is 399 g/mol. The topological polar surface area (TPSA) is 68.4 Å². The molecule has 0 radical (unpaired) electrons. The van der Waals surface area contributed by atoms with Crippen molar-refractivity contribution in [3.8, 4) is 5.75 Å². The highest BCUT2D eigenvalue weighted by Gasteiger charge is 2.31. The molecular formula is C19H13ClF3NO4. The summed E-state index contributed by atoms with van der Waals surface area (Å²) in [5, 5.41) is 0.696. The minimum Gasteiger partial charge on any atom is -0.469 e. The second-order valence-electron chi connectivity index (χ2n) is 5.82. The number of hydrogen-bond donors (Lipinski definition) is 1. The zero-order chi connectivity index (χ0) is 20.5. The highest BCUT2D eigenvalue weighted by atomic mass is 35.5. The maximum absolute atomic E-state index is 12.9. The van der Waals surface area contributed by atoms with Crippen LogP contribution in [-0.2, 0) is 16.0 Å². The molecule has 1 N–H and O–H groups in total. The Morgan fingerprint density at radius 3 is 2.39 bits per heavy atom. The van der Waals surface area contributed by atoms with Crippen molar-refractivity contribution in [1.29, 1.82) is 0 Å². The van der Waals surface area contributed by atoms with E-state index in [1.165, 1.54) is 37.4 Å². The van der Waals surface area contributed by atoms with Crippen LogP contribution >= 0.6 is 11.6 Å². The lowest BCUT2D eigenvalue weighted by molar-refractivity contribution is -0.274. The van der Waals surface area contributed by atoms with Gasteiger partial charge in [0.05, 0.1) is 19.2 Å². The quantitative estimate of drug-likeness (QED) is 0.489. The van der Waals surface area contributed by atoms with Gasteiger partial charge in [-0.2, -0.15) is 0 Å². The Labute approximate surface area is 162 Å². The number of esters is 1. The van der Waals surface area contributed by atoms with E-state index in [2.05, 4.69) is 14.5 Å². The molecule has 2 aromatic carbocycles. The Bertz CT molecular complexity index is 1040. The predicted octanol–water partition coefficient (Wildman–Crippen LogP) is 4.67. The number of carbonyl (C=O) groups excluding carboxylic acids is 2. The molecule has 0 amide bonds. The third-order valence-electron chi connectivity index (χ3n) is 3.99. The molecule has 0 aliphatic carbocycles. The first-order valence-corrected chi connectivity index (χ1v) is 8.33. The first-order chi connectivity index (χ1) is 13.2.